The molecule has 0 aromatic rings. The summed E-state index contributed by atoms with van der Waals surface area (Å²) in [6.45, 7) is 7.99. The van der Waals surface area contributed by atoms with E-state index in [0.717, 1.165) is 6.42 Å². The molecular formula is C16H26N2O5. The van der Waals surface area contributed by atoms with Crippen LogP contribution < -0.4 is 0 Å². The Bertz CT molecular complexity index is 513. The lowest BCUT2D eigenvalue weighted by molar-refractivity contribution is -0.152. The second-order valence-corrected chi connectivity index (χ2v) is 7.21. The van der Waals surface area contributed by atoms with E-state index in [1.54, 1.807) is 32.6 Å². The summed E-state index contributed by atoms with van der Waals surface area (Å²) < 4.78 is 10.2. The van der Waals surface area contributed by atoms with Gasteiger partial charge in [-0.05, 0) is 47.0 Å². The number of carbonyl (C=O) groups excluding carboxylic acids is 3. The molecule has 23 heavy (non-hydrogen) atoms. The molecule has 2 heterocycles. The van der Waals surface area contributed by atoms with Crippen LogP contribution in [0.2, 0.25) is 0 Å². The quantitative estimate of drug-likeness (QED) is 0.720. The Morgan fingerprint density at radius 2 is 1.87 bits per heavy atom. The summed E-state index contributed by atoms with van der Waals surface area (Å²) in [7, 11) is 1.30. The highest BCUT2D eigenvalue weighted by Crippen LogP contribution is 2.40. The van der Waals surface area contributed by atoms with E-state index < -0.39 is 29.2 Å². The van der Waals surface area contributed by atoms with Crippen LogP contribution in [0.5, 0.6) is 0 Å². The van der Waals surface area contributed by atoms with Crippen molar-refractivity contribution in [2.24, 2.45) is 0 Å². The van der Waals surface area contributed by atoms with Gasteiger partial charge in [-0.25, -0.2) is 9.59 Å². The number of ether oxygens (including phenoxy) is 2. The number of hydrogen-bond acceptors (Lipinski definition) is 5. The van der Waals surface area contributed by atoms with Crippen molar-refractivity contribution < 1.29 is 23.9 Å². The van der Waals surface area contributed by atoms with Crippen LogP contribution in [-0.4, -0.2) is 65.2 Å². The van der Waals surface area contributed by atoms with Gasteiger partial charge in [-0.1, -0.05) is 0 Å². The fourth-order valence-corrected chi connectivity index (χ4v) is 3.39. The molecule has 0 aromatic carbocycles. The van der Waals surface area contributed by atoms with Crippen molar-refractivity contribution in [3.63, 3.8) is 0 Å². The summed E-state index contributed by atoms with van der Waals surface area (Å²) in [6, 6.07) is -0.645. The van der Waals surface area contributed by atoms with E-state index in [1.807, 2.05) is 0 Å². The number of amides is 2. The molecule has 0 bridgehead atoms. The molecule has 2 fully saturated rings. The van der Waals surface area contributed by atoms with Crippen LogP contribution in [0.1, 0.15) is 47.0 Å². The Balaban J connectivity index is 2.19. The lowest BCUT2D eigenvalue weighted by atomic mass is 9.94. The lowest BCUT2D eigenvalue weighted by Gasteiger charge is -2.35. The molecule has 7 heteroatoms. The maximum atomic E-state index is 12.9. The molecule has 0 radical (unpaired) electrons. The first kappa shape index (κ1) is 17.6. The van der Waals surface area contributed by atoms with Gasteiger partial charge in [0.05, 0.1) is 7.11 Å². The number of methoxy groups -OCH3 is 1. The van der Waals surface area contributed by atoms with Crippen molar-refractivity contribution in [3.8, 4) is 0 Å². The van der Waals surface area contributed by atoms with Crippen molar-refractivity contribution in [1.29, 1.82) is 0 Å². The summed E-state index contributed by atoms with van der Waals surface area (Å²) in [5, 5.41) is 0. The van der Waals surface area contributed by atoms with E-state index >= 15 is 0 Å². The highest BCUT2D eigenvalue weighted by atomic mass is 16.6. The van der Waals surface area contributed by atoms with Crippen molar-refractivity contribution in [2.75, 3.05) is 20.2 Å². The topological polar surface area (TPSA) is 76.2 Å². The minimum absolute atomic E-state index is 0.182. The average Bonchev–Trinajstić information content (AvgIpc) is 3.02. The largest absolute Gasteiger partial charge is 0.467 e. The number of esters is 1. The number of rotatable bonds is 2. The molecule has 0 unspecified atom stereocenters. The first-order chi connectivity index (χ1) is 10.6. The Morgan fingerprint density at radius 1 is 1.22 bits per heavy atom. The number of likely N-dealkylation sites (tertiary alicyclic amines) is 2. The van der Waals surface area contributed by atoms with Crippen LogP contribution in [0.15, 0.2) is 0 Å². The highest BCUT2D eigenvalue weighted by molar-refractivity contribution is 5.95. The third-order valence-corrected chi connectivity index (χ3v) is 4.54. The van der Waals surface area contributed by atoms with Gasteiger partial charge in [-0.2, -0.15) is 0 Å². The molecule has 0 aliphatic carbocycles. The number of nitrogens with zero attached hydrogens (tertiary/aromatic N) is 2. The van der Waals surface area contributed by atoms with Gasteiger partial charge in [0, 0.05) is 13.1 Å². The van der Waals surface area contributed by atoms with Crippen molar-refractivity contribution in [2.45, 2.75) is 64.1 Å². The summed E-state index contributed by atoms with van der Waals surface area (Å²) in [4.78, 5) is 40.2. The van der Waals surface area contributed by atoms with E-state index in [4.69, 9.17) is 9.47 Å². The van der Waals surface area contributed by atoms with Gasteiger partial charge in [0.15, 0.2) is 0 Å². The summed E-state index contributed by atoms with van der Waals surface area (Å²) in [5.74, 6) is -0.629. The van der Waals surface area contributed by atoms with Gasteiger partial charge < -0.3 is 14.4 Å². The van der Waals surface area contributed by atoms with Gasteiger partial charge in [-0.3, -0.25) is 9.69 Å². The van der Waals surface area contributed by atoms with Crippen LogP contribution in [0.4, 0.5) is 4.79 Å². The fourth-order valence-electron chi connectivity index (χ4n) is 3.39. The van der Waals surface area contributed by atoms with E-state index in [2.05, 4.69) is 0 Å². The third-order valence-electron chi connectivity index (χ3n) is 4.54. The molecule has 2 rings (SSSR count). The second kappa shape index (κ2) is 6.02. The van der Waals surface area contributed by atoms with Gasteiger partial charge in [0.25, 0.3) is 0 Å². The van der Waals surface area contributed by atoms with E-state index in [0.29, 0.717) is 25.9 Å². The molecule has 1 spiro atoms. The fraction of sp³-hybridized carbons (Fsp3) is 0.812. The molecule has 2 atom stereocenters. The van der Waals surface area contributed by atoms with Crippen LogP contribution in [-0.2, 0) is 19.1 Å². The standard InChI is InChI=1S/C16H26N2O5/c1-11(12(19)22-5)17-10-8-16(13(17)20)7-6-9-18(16)14(21)23-15(2,3)4/h11H,6-10H2,1-5H3/t11-,16+/m1/s1. The first-order valence-corrected chi connectivity index (χ1v) is 8.02. The minimum atomic E-state index is -0.870. The Morgan fingerprint density at radius 3 is 2.43 bits per heavy atom. The smallest absolute Gasteiger partial charge is 0.411 e. The zero-order valence-corrected chi connectivity index (χ0v) is 14.5. The SMILES string of the molecule is COC(=O)[C@@H](C)N1CC[C@@]2(CCCN2C(=O)OC(C)(C)C)C1=O. The lowest BCUT2D eigenvalue weighted by Crippen LogP contribution is -2.55. The molecule has 0 saturated carbocycles. The maximum Gasteiger partial charge on any atom is 0.411 e. The third kappa shape index (κ3) is 3.14. The van der Waals surface area contributed by atoms with Crippen molar-refractivity contribution in [3.05, 3.63) is 0 Å². The number of carbonyl (C=O) groups is 3. The summed E-state index contributed by atoms with van der Waals surface area (Å²) in [6.07, 6.45) is 1.42. The summed E-state index contributed by atoms with van der Waals surface area (Å²) in [5.41, 5.74) is -1.48. The van der Waals surface area contributed by atoms with Crippen LogP contribution in [0, 0.1) is 0 Å². The molecule has 2 aliphatic rings. The minimum Gasteiger partial charge on any atom is -0.467 e. The predicted octanol–water partition coefficient (Wildman–Crippen LogP) is 1.55. The Labute approximate surface area is 136 Å². The van der Waals surface area contributed by atoms with E-state index in [9.17, 15) is 14.4 Å². The molecule has 0 N–H and O–H groups in total. The molecule has 130 valence electrons. The van der Waals surface area contributed by atoms with Crippen LogP contribution >= 0.6 is 0 Å². The molecular weight excluding hydrogens is 300 g/mol. The maximum absolute atomic E-state index is 12.9. The Hall–Kier alpha value is -1.79. The molecule has 0 aromatic heterocycles. The van der Waals surface area contributed by atoms with Crippen molar-refractivity contribution >= 4 is 18.0 Å². The van der Waals surface area contributed by atoms with E-state index in [-0.39, 0.29) is 5.91 Å². The van der Waals surface area contributed by atoms with Gasteiger partial charge in [0.2, 0.25) is 5.91 Å². The van der Waals surface area contributed by atoms with Gasteiger partial charge in [0.1, 0.15) is 17.2 Å². The summed E-state index contributed by atoms with van der Waals surface area (Å²) >= 11 is 0. The molecule has 2 amide bonds. The predicted molar refractivity (Wildman–Crippen MR) is 82.7 cm³/mol. The first-order valence-electron chi connectivity index (χ1n) is 8.02. The molecule has 2 aliphatic heterocycles. The average molecular weight is 326 g/mol. The van der Waals surface area contributed by atoms with Gasteiger partial charge in [-0.15, -0.1) is 0 Å². The zero-order chi connectivity index (χ0) is 17.4. The van der Waals surface area contributed by atoms with E-state index in [1.165, 1.54) is 12.0 Å². The van der Waals surface area contributed by atoms with Crippen LogP contribution in [0.25, 0.3) is 0 Å². The number of hydrogen-bond donors (Lipinski definition) is 0. The van der Waals surface area contributed by atoms with Crippen LogP contribution in [0.3, 0.4) is 0 Å². The monoisotopic (exact) mass is 326 g/mol. The Kier molecular flexibility index (Phi) is 4.59. The highest BCUT2D eigenvalue weighted by Gasteiger charge is 2.57. The zero-order valence-electron chi connectivity index (χ0n) is 14.5. The molecule has 2 saturated heterocycles. The molecule has 7 nitrogen and oxygen atoms in total. The second-order valence-electron chi connectivity index (χ2n) is 7.21. The van der Waals surface area contributed by atoms with Gasteiger partial charge >= 0.3 is 12.1 Å². The van der Waals surface area contributed by atoms with Crippen molar-refractivity contribution in [1.82, 2.24) is 9.80 Å². The normalized spacial score (nSPS) is 25.9.